The number of carbonyl (C=O) groups is 2. The number of hydrogen-bond acceptors (Lipinski definition) is 5. The van der Waals surface area contributed by atoms with Gasteiger partial charge < -0.3 is 24.8 Å². The fourth-order valence-corrected chi connectivity index (χ4v) is 5.07. The maximum absolute atomic E-state index is 13.0. The van der Waals surface area contributed by atoms with Crippen LogP contribution in [0, 0.1) is 5.92 Å². The fourth-order valence-electron chi connectivity index (χ4n) is 5.07. The largest absolute Gasteiger partial charge is 0.378 e. The molecule has 152 valence electrons. The molecule has 2 saturated heterocycles. The Kier molecular flexibility index (Phi) is 4.63. The van der Waals surface area contributed by atoms with E-state index in [9.17, 15) is 9.59 Å². The minimum Gasteiger partial charge on any atom is -0.378 e. The summed E-state index contributed by atoms with van der Waals surface area (Å²) in [5, 5.41) is 3.36. The van der Waals surface area contributed by atoms with Crippen molar-refractivity contribution >= 4 is 11.8 Å². The van der Waals surface area contributed by atoms with Crippen molar-refractivity contribution < 1.29 is 14.3 Å². The molecule has 1 aliphatic carbocycles. The zero-order valence-corrected chi connectivity index (χ0v) is 16.3. The molecule has 1 saturated carbocycles. The summed E-state index contributed by atoms with van der Waals surface area (Å²) < 4.78 is 5.47. The van der Waals surface area contributed by atoms with Gasteiger partial charge in [0.2, 0.25) is 11.8 Å². The van der Waals surface area contributed by atoms with Crippen LogP contribution in [0.25, 0.3) is 0 Å². The molecule has 4 heterocycles. The number of imidazole rings is 1. The lowest BCUT2D eigenvalue weighted by Crippen LogP contribution is -2.59. The number of rotatable bonds is 3. The van der Waals surface area contributed by atoms with Crippen LogP contribution in [0.3, 0.4) is 0 Å². The summed E-state index contributed by atoms with van der Waals surface area (Å²) in [6, 6.07) is 0.109. The highest BCUT2D eigenvalue weighted by Crippen LogP contribution is 2.45. The molecule has 0 unspecified atom stereocenters. The number of H-pyrrole nitrogens is 1. The molecule has 1 spiro atoms. The van der Waals surface area contributed by atoms with E-state index in [0.29, 0.717) is 32.7 Å². The summed E-state index contributed by atoms with van der Waals surface area (Å²) >= 11 is 0. The quantitative estimate of drug-likeness (QED) is 0.784. The number of piperidine rings is 1. The molecule has 2 N–H and O–H groups in total. The van der Waals surface area contributed by atoms with E-state index >= 15 is 0 Å². The van der Waals surface area contributed by atoms with E-state index in [1.165, 1.54) is 0 Å². The van der Waals surface area contributed by atoms with Crippen LogP contribution in [0.15, 0.2) is 6.33 Å². The molecule has 5 rings (SSSR count). The predicted molar refractivity (Wildman–Crippen MR) is 101 cm³/mol. The van der Waals surface area contributed by atoms with Crippen LogP contribution in [0.4, 0.5) is 0 Å². The molecule has 1 aromatic heterocycles. The van der Waals surface area contributed by atoms with Gasteiger partial charge in [0.25, 0.3) is 0 Å². The average molecular weight is 387 g/mol. The summed E-state index contributed by atoms with van der Waals surface area (Å²) in [6.07, 6.45) is 6.63. The number of amides is 2. The van der Waals surface area contributed by atoms with E-state index in [4.69, 9.17) is 4.74 Å². The predicted octanol–water partition coefficient (Wildman–Crippen LogP) is 0.401. The van der Waals surface area contributed by atoms with Crippen LogP contribution < -0.4 is 5.32 Å². The minimum atomic E-state index is -0.351. The average Bonchev–Trinajstić information content (AvgIpc) is 3.46. The van der Waals surface area contributed by atoms with Gasteiger partial charge in [-0.1, -0.05) is 0 Å². The normalized spacial score (nSPS) is 26.9. The highest BCUT2D eigenvalue weighted by Gasteiger charge is 2.51. The van der Waals surface area contributed by atoms with Gasteiger partial charge in [-0.05, 0) is 25.7 Å². The van der Waals surface area contributed by atoms with Crippen molar-refractivity contribution in [3.63, 3.8) is 0 Å². The standard InChI is InChI=1S/C20H29N5O3/c26-17(11-15-12-28-10-6-21-15)24-8-4-20(5-9-24)18-16(22-13-23-18)3-7-25(20)19(27)14-1-2-14/h13-15,21H,1-12H2,(H,22,23)/t15-/m0/s1. The molecular formula is C20H29N5O3. The number of morpholine rings is 1. The molecule has 0 radical (unpaired) electrons. The maximum Gasteiger partial charge on any atom is 0.226 e. The second kappa shape index (κ2) is 7.15. The van der Waals surface area contributed by atoms with Crippen LogP contribution in [-0.4, -0.2) is 77.0 Å². The molecule has 2 amide bonds. The number of fused-ring (bicyclic) bond motifs is 2. The van der Waals surface area contributed by atoms with E-state index in [0.717, 1.165) is 56.6 Å². The van der Waals surface area contributed by atoms with Gasteiger partial charge in [0, 0.05) is 56.7 Å². The second-order valence-corrected chi connectivity index (χ2v) is 8.59. The van der Waals surface area contributed by atoms with Crippen LogP contribution in [0.5, 0.6) is 0 Å². The first-order valence-corrected chi connectivity index (χ1v) is 10.6. The Morgan fingerprint density at radius 2 is 2.07 bits per heavy atom. The number of carbonyl (C=O) groups excluding carboxylic acids is 2. The molecule has 3 aliphatic heterocycles. The molecular weight excluding hydrogens is 358 g/mol. The highest BCUT2D eigenvalue weighted by atomic mass is 16.5. The van der Waals surface area contributed by atoms with Crippen molar-refractivity contribution in [2.24, 2.45) is 5.92 Å². The van der Waals surface area contributed by atoms with Crippen molar-refractivity contribution in [2.45, 2.75) is 50.1 Å². The maximum atomic E-state index is 13.0. The Morgan fingerprint density at radius 3 is 2.79 bits per heavy atom. The van der Waals surface area contributed by atoms with Crippen LogP contribution in [0.2, 0.25) is 0 Å². The van der Waals surface area contributed by atoms with Crippen molar-refractivity contribution in [2.75, 3.05) is 39.4 Å². The molecule has 8 heteroatoms. The monoisotopic (exact) mass is 387 g/mol. The Bertz CT molecular complexity index is 745. The first-order valence-electron chi connectivity index (χ1n) is 10.6. The number of likely N-dealkylation sites (tertiary alicyclic amines) is 1. The summed E-state index contributed by atoms with van der Waals surface area (Å²) in [4.78, 5) is 37.8. The van der Waals surface area contributed by atoms with Gasteiger partial charge in [0.15, 0.2) is 0 Å². The fraction of sp³-hybridized carbons (Fsp3) is 0.750. The van der Waals surface area contributed by atoms with E-state index < -0.39 is 0 Å². The smallest absolute Gasteiger partial charge is 0.226 e. The van der Waals surface area contributed by atoms with Crippen LogP contribution in [-0.2, 0) is 26.3 Å². The summed E-state index contributed by atoms with van der Waals surface area (Å²) in [5.41, 5.74) is 1.83. The van der Waals surface area contributed by atoms with E-state index in [1.807, 2.05) is 4.90 Å². The number of nitrogens with zero attached hydrogens (tertiary/aromatic N) is 3. The Labute approximate surface area is 165 Å². The van der Waals surface area contributed by atoms with Gasteiger partial charge in [-0.3, -0.25) is 9.59 Å². The summed E-state index contributed by atoms with van der Waals surface area (Å²) in [5.74, 6) is 0.669. The molecule has 4 aliphatic rings. The first kappa shape index (κ1) is 18.1. The van der Waals surface area contributed by atoms with Crippen molar-refractivity contribution in [3.8, 4) is 0 Å². The minimum absolute atomic E-state index is 0.109. The lowest BCUT2D eigenvalue weighted by atomic mass is 9.78. The van der Waals surface area contributed by atoms with Gasteiger partial charge in [-0.2, -0.15) is 0 Å². The second-order valence-electron chi connectivity index (χ2n) is 8.59. The van der Waals surface area contributed by atoms with Gasteiger partial charge in [0.05, 0.1) is 30.8 Å². The Morgan fingerprint density at radius 1 is 1.25 bits per heavy atom. The molecule has 3 fully saturated rings. The van der Waals surface area contributed by atoms with Crippen molar-refractivity contribution in [1.29, 1.82) is 0 Å². The number of hydrogen-bond donors (Lipinski definition) is 2. The third-order valence-corrected chi connectivity index (χ3v) is 6.82. The summed E-state index contributed by atoms with van der Waals surface area (Å²) in [6.45, 7) is 4.22. The molecule has 1 aromatic rings. The number of nitrogens with one attached hydrogen (secondary N) is 2. The third-order valence-electron chi connectivity index (χ3n) is 6.82. The van der Waals surface area contributed by atoms with Crippen LogP contribution >= 0.6 is 0 Å². The first-order chi connectivity index (χ1) is 13.7. The van der Waals surface area contributed by atoms with Gasteiger partial charge in [-0.25, -0.2) is 4.98 Å². The molecule has 0 aromatic carbocycles. The number of ether oxygens (including phenoxy) is 1. The highest BCUT2D eigenvalue weighted by molar-refractivity contribution is 5.82. The van der Waals surface area contributed by atoms with Crippen molar-refractivity contribution in [3.05, 3.63) is 17.7 Å². The van der Waals surface area contributed by atoms with Crippen LogP contribution in [0.1, 0.15) is 43.5 Å². The molecule has 0 bridgehead atoms. The van der Waals surface area contributed by atoms with Crippen molar-refractivity contribution in [1.82, 2.24) is 25.1 Å². The topological polar surface area (TPSA) is 90.6 Å². The Balaban J connectivity index is 1.31. The lowest BCUT2D eigenvalue weighted by molar-refractivity contribution is -0.146. The van der Waals surface area contributed by atoms with Gasteiger partial charge in [0.1, 0.15) is 0 Å². The van der Waals surface area contributed by atoms with Gasteiger partial charge >= 0.3 is 0 Å². The zero-order valence-electron chi connectivity index (χ0n) is 16.3. The lowest BCUT2D eigenvalue weighted by Gasteiger charge is -2.50. The third kappa shape index (κ3) is 3.12. The van der Waals surface area contributed by atoms with E-state index in [-0.39, 0.29) is 29.3 Å². The number of aromatic amines is 1. The van der Waals surface area contributed by atoms with E-state index in [1.54, 1.807) is 6.33 Å². The van der Waals surface area contributed by atoms with E-state index in [2.05, 4.69) is 20.2 Å². The summed E-state index contributed by atoms with van der Waals surface area (Å²) in [7, 11) is 0. The zero-order chi connectivity index (χ0) is 19.1. The SMILES string of the molecule is O=C(C[C@H]1COCCN1)N1CCC2(CC1)c1nc[nH]c1CCN2C(=O)C1CC1. The molecule has 28 heavy (non-hydrogen) atoms. The number of aromatic nitrogens is 2. The molecule has 1 atom stereocenters. The molecule has 8 nitrogen and oxygen atoms in total. The van der Waals surface area contributed by atoms with Gasteiger partial charge in [-0.15, -0.1) is 0 Å². The Hall–Kier alpha value is -1.93.